The molecule has 1 heterocycles. The lowest BCUT2D eigenvalue weighted by molar-refractivity contribution is 0.725. The molecule has 1 aromatic heterocycles. The molecule has 0 saturated carbocycles. The fourth-order valence-electron chi connectivity index (χ4n) is 1.05. The predicted molar refractivity (Wildman–Crippen MR) is 54.6 cm³/mol. The minimum Gasteiger partial charge on any atom is -0.309 e. The van der Waals surface area contributed by atoms with Crippen LogP contribution in [0.5, 0.6) is 0 Å². The molecule has 0 saturated heterocycles. The molecule has 0 unspecified atom stereocenters. The van der Waals surface area contributed by atoms with Gasteiger partial charge in [0, 0.05) is 36.9 Å². The van der Waals surface area contributed by atoms with Gasteiger partial charge in [0.05, 0.1) is 6.20 Å². The number of rotatable bonds is 4. The molecule has 72 valence electrons. The SMILES string of the molecule is Cc1c(CNC/C=C/Cl)cnn1C. The summed E-state index contributed by atoms with van der Waals surface area (Å²) in [5.74, 6) is 0. The Labute approximate surface area is 83.4 Å². The largest absolute Gasteiger partial charge is 0.309 e. The van der Waals surface area contributed by atoms with Crippen molar-refractivity contribution in [2.45, 2.75) is 13.5 Å². The van der Waals surface area contributed by atoms with Crippen LogP contribution in [0.15, 0.2) is 17.8 Å². The minimum atomic E-state index is 0.790. The van der Waals surface area contributed by atoms with Crippen molar-refractivity contribution >= 4 is 11.6 Å². The molecule has 0 aliphatic carbocycles. The van der Waals surface area contributed by atoms with Crippen molar-refractivity contribution in [3.05, 3.63) is 29.1 Å². The Hall–Kier alpha value is -0.800. The Bertz CT molecular complexity index is 291. The smallest absolute Gasteiger partial charge is 0.0537 e. The van der Waals surface area contributed by atoms with Gasteiger partial charge in [0.1, 0.15) is 0 Å². The summed E-state index contributed by atoms with van der Waals surface area (Å²) in [5, 5.41) is 7.38. The summed E-state index contributed by atoms with van der Waals surface area (Å²) in [4.78, 5) is 0. The third kappa shape index (κ3) is 2.86. The second-order valence-corrected chi connectivity index (χ2v) is 3.12. The van der Waals surface area contributed by atoms with E-state index >= 15 is 0 Å². The molecular weight excluding hydrogens is 186 g/mol. The quantitative estimate of drug-likeness (QED) is 0.747. The summed E-state index contributed by atoms with van der Waals surface area (Å²) >= 11 is 5.38. The molecule has 1 rings (SSSR count). The molecule has 0 radical (unpaired) electrons. The first kappa shape index (κ1) is 10.3. The predicted octanol–water partition coefficient (Wildman–Crippen LogP) is 1.57. The van der Waals surface area contributed by atoms with Crippen LogP contribution in [0.1, 0.15) is 11.3 Å². The summed E-state index contributed by atoms with van der Waals surface area (Å²) in [6.45, 7) is 3.68. The van der Waals surface area contributed by atoms with Gasteiger partial charge in [-0.2, -0.15) is 5.10 Å². The summed E-state index contributed by atoms with van der Waals surface area (Å²) in [6, 6.07) is 0. The maximum atomic E-state index is 5.38. The van der Waals surface area contributed by atoms with Crippen LogP contribution < -0.4 is 5.32 Å². The Balaban J connectivity index is 2.41. The third-order valence-corrected chi connectivity index (χ3v) is 2.18. The monoisotopic (exact) mass is 199 g/mol. The normalized spacial score (nSPS) is 11.3. The van der Waals surface area contributed by atoms with Crippen LogP contribution in [0.25, 0.3) is 0 Å². The number of aryl methyl sites for hydroxylation is 1. The van der Waals surface area contributed by atoms with Crippen LogP contribution in [-0.2, 0) is 13.6 Å². The zero-order chi connectivity index (χ0) is 9.68. The van der Waals surface area contributed by atoms with Crippen molar-refractivity contribution in [3.63, 3.8) is 0 Å². The molecule has 13 heavy (non-hydrogen) atoms. The van der Waals surface area contributed by atoms with Gasteiger partial charge in [0.25, 0.3) is 0 Å². The second kappa shape index (κ2) is 5.04. The molecule has 0 spiro atoms. The standard InChI is InChI=1S/C9H14ClN3/c1-8-9(7-12-13(8)2)6-11-5-3-4-10/h3-4,7,11H,5-6H2,1-2H3/b4-3+. The van der Waals surface area contributed by atoms with Crippen molar-refractivity contribution in [2.24, 2.45) is 7.05 Å². The first-order valence-corrected chi connectivity index (χ1v) is 4.62. The molecule has 0 amide bonds. The Morgan fingerprint density at radius 3 is 3.00 bits per heavy atom. The second-order valence-electron chi connectivity index (χ2n) is 2.87. The van der Waals surface area contributed by atoms with Crippen molar-refractivity contribution in [1.82, 2.24) is 15.1 Å². The molecule has 1 aromatic rings. The Kier molecular flexibility index (Phi) is 3.99. The number of hydrogen-bond acceptors (Lipinski definition) is 2. The van der Waals surface area contributed by atoms with Gasteiger partial charge in [0.2, 0.25) is 0 Å². The summed E-state index contributed by atoms with van der Waals surface area (Å²) in [6.07, 6.45) is 3.75. The summed E-state index contributed by atoms with van der Waals surface area (Å²) < 4.78 is 1.87. The zero-order valence-corrected chi connectivity index (χ0v) is 8.67. The van der Waals surface area contributed by atoms with Crippen LogP contribution in [0, 0.1) is 6.92 Å². The molecule has 0 aromatic carbocycles. The average molecular weight is 200 g/mol. The Morgan fingerprint density at radius 1 is 1.69 bits per heavy atom. The fraction of sp³-hybridized carbons (Fsp3) is 0.444. The van der Waals surface area contributed by atoms with Crippen molar-refractivity contribution in [1.29, 1.82) is 0 Å². The molecule has 0 fully saturated rings. The van der Waals surface area contributed by atoms with Crippen LogP contribution >= 0.6 is 11.6 Å². The zero-order valence-electron chi connectivity index (χ0n) is 7.92. The van der Waals surface area contributed by atoms with E-state index in [1.54, 1.807) is 0 Å². The van der Waals surface area contributed by atoms with E-state index in [0.717, 1.165) is 13.1 Å². The average Bonchev–Trinajstić information content (AvgIpc) is 2.43. The van der Waals surface area contributed by atoms with Gasteiger partial charge >= 0.3 is 0 Å². The molecule has 1 N–H and O–H groups in total. The molecule has 3 nitrogen and oxygen atoms in total. The van der Waals surface area contributed by atoms with E-state index in [4.69, 9.17) is 11.6 Å². The minimum absolute atomic E-state index is 0.790. The van der Waals surface area contributed by atoms with Gasteiger partial charge in [-0.05, 0) is 6.92 Å². The van der Waals surface area contributed by atoms with Crippen molar-refractivity contribution in [2.75, 3.05) is 6.54 Å². The van der Waals surface area contributed by atoms with E-state index < -0.39 is 0 Å². The van der Waals surface area contributed by atoms with Crippen molar-refractivity contribution in [3.8, 4) is 0 Å². The number of halogens is 1. The van der Waals surface area contributed by atoms with Crippen LogP contribution in [0.3, 0.4) is 0 Å². The highest BCUT2D eigenvalue weighted by molar-refractivity contribution is 6.25. The third-order valence-electron chi connectivity index (χ3n) is 2.00. The highest BCUT2D eigenvalue weighted by atomic mass is 35.5. The van der Waals surface area contributed by atoms with E-state index in [2.05, 4.69) is 17.3 Å². The lowest BCUT2D eigenvalue weighted by atomic mass is 10.2. The Morgan fingerprint density at radius 2 is 2.46 bits per heavy atom. The summed E-state index contributed by atoms with van der Waals surface area (Å²) in [7, 11) is 1.94. The van der Waals surface area contributed by atoms with Gasteiger partial charge in [-0.1, -0.05) is 17.7 Å². The van der Waals surface area contributed by atoms with E-state index in [1.165, 1.54) is 16.8 Å². The fourth-order valence-corrected chi connectivity index (χ4v) is 1.14. The molecule has 0 aliphatic rings. The van der Waals surface area contributed by atoms with Crippen LogP contribution in [-0.4, -0.2) is 16.3 Å². The highest BCUT2D eigenvalue weighted by Crippen LogP contribution is 2.04. The molecule has 4 heteroatoms. The maximum absolute atomic E-state index is 5.38. The van der Waals surface area contributed by atoms with Crippen molar-refractivity contribution < 1.29 is 0 Å². The van der Waals surface area contributed by atoms with E-state index in [-0.39, 0.29) is 0 Å². The maximum Gasteiger partial charge on any atom is 0.0537 e. The first-order valence-electron chi connectivity index (χ1n) is 4.19. The van der Waals surface area contributed by atoms with Gasteiger partial charge < -0.3 is 5.32 Å². The first-order chi connectivity index (χ1) is 6.25. The van der Waals surface area contributed by atoms with Gasteiger partial charge in [0.15, 0.2) is 0 Å². The summed E-state index contributed by atoms with van der Waals surface area (Å²) in [5.41, 5.74) is 3.94. The van der Waals surface area contributed by atoms with Gasteiger partial charge in [-0.25, -0.2) is 0 Å². The van der Waals surface area contributed by atoms with Gasteiger partial charge in [-0.3, -0.25) is 4.68 Å². The number of aromatic nitrogens is 2. The highest BCUT2D eigenvalue weighted by Gasteiger charge is 2.01. The number of nitrogens with one attached hydrogen (secondary N) is 1. The topological polar surface area (TPSA) is 29.9 Å². The molecule has 0 bridgehead atoms. The van der Waals surface area contributed by atoms with Crippen LogP contribution in [0.4, 0.5) is 0 Å². The molecular formula is C9H14ClN3. The van der Waals surface area contributed by atoms with Gasteiger partial charge in [-0.15, -0.1) is 0 Å². The molecule has 0 aliphatic heterocycles. The lowest BCUT2D eigenvalue weighted by Gasteiger charge is -2.00. The van der Waals surface area contributed by atoms with E-state index in [9.17, 15) is 0 Å². The van der Waals surface area contributed by atoms with E-state index in [0.29, 0.717) is 0 Å². The lowest BCUT2D eigenvalue weighted by Crippen LogP contribution is -2.13. The molecule has 0 atom stereocenters. The number of nitrogens with zero attached hydrogens (tertiary/aromatic N) is 2. The van der Waals surface area contributed by atoms with Crippen LogP contribution in [0.2, 0.25) is 0 Å². The van der Waals surface area contributed by atoms with E-state index in [1.807, 2.05) is 24.0 Å². The number of hydrogen-bond donors (Lipinski definition) is 1.